The third-order valence-corrected chi connectivity index (χ3v) is 5.13. The molecule has 124 valence electrons. The second-order valence-corrected chi connectivity index (χ2v) is 6.80. The Morgan fingerprint density at radius 3 is 2.71 bits per heavy atom. The predicted octanol–water partition coefficient (Wildman–Crippen LogP) is 3.88. The molecule has 2 aromatic rings. The van der Waals surface area contributed by atoms with Crippen LogP contribution in [0.3, 0.4) is 0 Å². The van der Waals surface area contributed by atoms with Gasteiger partial charge in [0.25, 0.3) is 5.69 Å². The highest BCUT2D eigenvalue weighted by molar-refractivity contribution is 8.00. The normalized spacial score (nSPS) is 16.2. The monoisotopic (exact) mass is 342 g/mol. The number of carbonyl (C=O) groups is 1. The molecule has 0 aliphatic heterocycles. The number of nitro groups is 1. The SMILES string of the molecule is O=C(CSc1ccc([N+](=O)[O-])cc1)NC1CCCc2ccccc21. The number of hydrogen-bond acceptors (Lipinski definition) is 4. The first-order valence-corrected chi connectivity index (χ1v) is 8.86. The summed E-state index contributed by atoms with van der Waals surface area (Å²) in [6.07, 6.45) is 3.11. The van der Waals surface area contributed by atoms with Crippen molar-refractivity contribution in [3.8, 4) is 0 Å². The molecule has 1 amide bonds. The number of amides is 1. The molecule has 1 atom stereocenters. The average molecular weight is 342 g/mol. The summed E-state index contributed by atoms with van der Waals surface area (Å²) in [6.45, 7) is 0. The zero-order valence-corrected chi connectivity index (χ0v) is 13.9. The first-order chi connectivity index (χ1) is 11.6. The van der Waals surface area contributed by atoms with E-state index in [-0.39, 0.29) is 17.6 Å². The minimum Gasteiger partial charge on any atom is -0.349 e. The van der Waals surface area contributed by atoms with Gasteiger partial charge in [-0.25, -0.2) is 0 Å². The first-order valence-electron chi connectivity index (χ1n) is 7.88. The molecule has 1 unspecified atom stereocenters. The van der Waals surface area contributed by atoms with Crippen molar-refractivity contribution in [2.45, 2.75) is 30.2 Å². The standard InChI is InChI=1S/C18H18N2O3S/c21-18(12-24-15-10-8-14(9-11-15)20(22)23)19-17-7-3-5-13-4-1-2-6-16(13)17/h1-2,4,6,8-11,17H,3,5,7,12H2,(H,19,21). The lowest BCUT2D eigenvalue weighted by Crippen LogP contribution is -2.32. The van der Waals surface area contributed by atoms with E-state index in [0.717, 1.165) is 24.2 Å². The predicted molar refractivity (Wildman–Crippen MR) is 94.1 cm³/mol. The molecule has 0 aromatic heterocycles. The largest absolute Gasteiger partial charge is 0.349 e. The molecule has 1 aliphatic rings. The third kappa shape index (κ3) is 3.94. The number of rotatable bonds is 5. The fourth-order valence-corrected chi connectivity index (χ4v) is 3.66. The molecule has 24 heavy (non-hydrogen) atoms. The number of fused-ring (bicyclic) bond motifs is 1. The van der Waals surface area contributed by atoms with Crippen LogP contribution in [0.1, 0.15) is 30.0 Å². The van der Waals surface area contributed by atoms with Crippen LogP contribution in [0.15, 0.2) is 53.4 Å². The fourth-order valence-electron chi connectivity index (χ4n) is 2.95. The minimum absolute atomic E-state index is 0.0138. The lowest BCUT2D eigenvalue weighted by Gasteiger charge is -2.26. The molecule has 6 heteroatoms. The van der Waals surface area contributed by atoms with Crippen molar-refractivity contribution in [3.63, 3.8) is 0 Å². The molecule has 0 saturated heterocycles. The van der Waals surface area contributed by atoms with Gasteiger partial charge in [-0.1, -0.05) is 24.3 Å². The summed E-state index contributed by atoms with van der Waals surface area (Å²) in [7, 11) is 0. The summed E-state index contributed by atoms with van der Waals surface area (Å²) in [4.78, 5) is 23.3. The Kier molecular flexibility index (Phi) is 5.15. The molecule has 0 spiro atoms. The van der Waals surface area contributed by atoms with Gasteiger partial charge in [-0.15, -0.1) is 11.8 Å². The molecule has 0 bridgehead atoms. The number of nitro benzene ring substituents is 1. The Labute approximate surface area is 144 Å². The van der Waals surface area contributed by atoms with Gasteiger partial charge in [-0.3, -0.25) is 14.9 Å². The molecular weight excluding hydrogens is 324 g/mol. The molecule has 2 aromatic carbocycles. The van der Waals surface area contributed by atoms with Crippen LogP contribution in [-0.2, 0) is 11.2 Å². The van der Waals surface area contributed by atoms with Crippen LogP contribution in [0.2, 0.25) is 0 Å². The van der Waals surface area contributed by atoms with E-state index in [1.807, 2.05) is 12.1 Å². The van der Waals surface area contributed by atoms with Crippen LogP contribution in [0, 0.1) is 10.1 Å². The quantitative estimate of drug-likeness (QED) is 0.508. The van der Waals surface area contributed by atoms with E-state index in [9.17, 15) is 14.9 Å². The Morgan fingerprint density at radius 1 is 1.21 bits per heavy atom. The van der Waals surface area contributed by atoms with Gasteiger partial charge >= 0.3 is 0 Å². The van der Waals surface area contributed by atoms with Crippen LogP contribution in [-0.4, -0.2) is 16.6 Å². The molecule has 3 rings (SSSR count). The lowest BCUT2D eigenvalue weighted by atomic mass is 9.88. The van der Waals surface area contributed by atoms with Crippen LogP contribution in [0.4, 0.5) is 5.69 Å². The van der Waals surface area contributed by atoms with E-state index < -0.39 is 4.92 Å². The fraction of sp³-hybridized carbons (Fsp3) is 0.278. The van der Waals surface area contributed by atoms with Crippen molar-refractivity contribution >= 4 is 23.4 Å². The van der Waals surface area contributed by atoms with Gasteiger partial charge < -0.3 is 5.32 Å². The maximum atomic E-state index is 12.2. The average Bonchev–Trinajstić information content (AvgIpc) is 2.61. The molecule has 5 nitrogen and oxygen atoms in total. The van der Waals surface area contributed by atoms with E-state index in [4.69, 9.17) is 0 Å². The number of nitrogens with zero attached hydrogens (tertiary/aromatic N) is 1. The number of carbonyl (C=O) groups excluding carboxylic acids is 1. The summed E-state index contributed by atoms with van der Waals surface area (Å²) in [5, 5.41) is 13.7. The molecule has 0 fully saturated rings. The third-order valence-electron chi connectivity index (χ3n) is 4.12. The van der Waals surface area contributed by atoms with Gasteiger partial charge in [-0.2, -0.15) is 0 Å². The van der Waals surface area contributed by atoms with Gasteiger partial charge in [0.15, 0.2) is 0 Å². The molecule has 1 aliphatic carbocycles. The van der Waals surface area contributed by atoms with Crippen LogP contribution < -0.4 is 5.32 Å². The molecule has 0 heterocycles. The Bertz CT molecular complexity index is 746. The van der Waals surface area contributed by atoms with Crippen molar-refractivity contribution in [2.24, 2.45) is 0 Å². The van der Waals surface area contributed by atoms with Crippen molar-refractivity contribution < 1.29 is 9.72 Å². The van der Waals surface area contributed by atoms with E-state index in [1.54, 1.807) is 12.1 Å². The van der Waals surface area contributed by atoms with Crippen molar-refractivity contribution in [1.29, 1.82) is 0 Å². The summed E-state index contributed by atoms with van der Waals surface area (Å²) in [6, 6.07) is 14.6. The highest BCUT2D eigenvalue weighted by atomic mass is 32.2. The Balaban J connectivity index is 1.56. The highest BCUT2D eigenvalue weighted by Crippen LogP contribution is 2.29. The van der Waals surface area contributed by atoms with Crippen LogP contribution in [0.25, 0.3) is 0 Å². The molecule has 0 radical (unpaired) electrons. The van der Waals surface area contributed by atoms with Crippen molar-refractivity contribution in [1.82, 2.24) is 5.32 Å². The molecule has 0 saturated carbocycles. The van der Waals surface area contributed by atoms with Gasteiger partial charge in [0, 0.05) is 17.0 Å². The first kappa shape index (κ1) is 16.5. The van der Waals surface area contributed by atoms with E-state index in [0.29, 0.717) is 5.75 Å². The summed E-state index contributed by atoms with van der Waals surface area (Å²) in [5.74, 6) is 0.288. The summed E-state index contributed by atoms with van der Waals surface area (Å²) < 4.78 is 0. The smallest absolute Gasteiger partial charge is 0.269 e. The summed E-state index contributed by atoms with van der Waals surface area (Å²) in [5.41, 5.74) is 2.59. The second-order valence-electron chi connectivity index (χ2n) is 5.75. The summed E-state index contributed by atoms with van der Waals surface area (Å²) >= 11 is 1.38. The van der Waals surface area contributed by atoms with E-state index >= 15 is 0 Å². The number of nitrogens with one attached hydrogen (secondary N) is 1. The van der Waals surface area contributed by atoms with Crippen LogP contribution in [0.5, 0.6) is 0 Å². The van der Waals surface area contributed by atoms with Gasteiger partial charge in [0.2, 0.25) is 5.91 Å². The van der Waals surface area contributed by atoms with Gasteiger partial charge in [0.05, 0.1) is 16.7 Å². The minimum atomic E-state index is -0.429. The number of benzene rings is 2. The zero-order valence-electron chi connectivity index (χ0n) is 13.1. The topological polar surface area (TPSA) is 72.2 Å². The Hall–Kier alpha value is -2.34. The molecule has 1 N–H and O–H groups in total. The number of non-ortho nitro benzene ring substituents is 1. The van der Waals surface area contributed by atoms with Gasteiger partial charge in [-0.05, 0) is 42.5 Å². The highest BCUT2D eigenvalue weighted by Gasteiger charge is 2.21. The number of aryl methyl sites for hydroxylation is 1. The maximum Gasteiger partial charge on any atom is 0.269 e. The zero-order chi connectivity index (χ0) is 16.9. The Morgan fingerprint density at radius 2 is 1.96 bits per heavy atom. The van der Waals surface area contributed by atoms with E-state index in [1.165, 1.54) is 35.0 Å². The van der Waals surface area contributed by atoms with Crippen LogP contribution >= 0.6 is 11.8 Å². The maximum absolute atomic E-state index is 12.2. The lowest BCUT2D eigenvalue weighted by molar-refractivity contribution is -0.384. The molecular formula is C18H18N2O3S. The number of thioether (sulfide) groups is 1. The number of hydrogen-bond donors (Lipinski definition) is 1. The van der Waals surface area contributed by atoms with Crippen molar-refractivity contribution in [2.75, 3.05) is 5.75 Å². The van der Waals surface area contributed by atoms with Gasteiger partial charge in [0.1, 0.15) is 0 Å². The van der Waals surface area contributed by atoms with E-state index in [2.05, 4.69) is 17.4 Å². The van der Waals surface area contributed by atoms with Crippen molar-refractivity contribution in [3.05, 3.63) is 69.8 Å². The second kappa shape index (κ2) is 7.49.